The second kappa shape index (κ2) is 6.67. The van der Waals surface area contributed by atoms with Crippen molar-refractivity contribution in [1.29, 1.82) is 0 Å². The van der Waals surface area contributed by atoms with E-state index in [1.54, 1.807) is 0 Å². The van der Waals surface area contributed by atoms with Crippen LogP contribution in [-0.4, -0.2) is 41.7 Å². The summed E-state index contributed by atoms with van der Waals surface area (Å²) >= 11 is 0. The predicted octanol–water partition coefficient (Wildman–Crippen LogP) is 1.19. The summed E-state index contributed by atoms with van der Waals surface area (Å²) in [5.41, 5.74) is 5.95. The van der Waals surface area contributed by atoms with Gasteiger partial charge in [0.2, 0.25) is 5.91 Å². The number of anilines is 2. The number of amides is 1. The van der Waals surface area contributed by atoms with Crippen LogP contribution >= 0.6 is 0 Å². The van der Waals surface area contributed by atoms with Crippen LogP contribution in [0.5, 0.6) is 0 Å². The van der Waals surface area contributed by atoms with Gasteiger partial charge in [-0.05, 0) is 37.6 Å². The van der Waals surface area contributed by atoms with Crippen LogP contribution in [0.1, 0.15) is 19.3 Å². The lowest BCUT2D eigenvalue weighted by molar-refractivity contribution is -0.116. The SMILES string of the molecule is Nc1cc(NC(=O)CCN2CCCC(O)C2)ccc1F. The first kappa shape index (κ1) is 14.7. The number of carbonyl (C=O) groups is 1. The van der Waals surface area contributed by atoms with Gasteiger partial charge in [-0.3, -0.25) is 4.79 Å². The van der Waals surface area contributed by atoms with Crippen LogP contribution in [0.4, 0.5) is 15.8 Å². The molecule has 1 aromatic rings. The van der Waals surface area contributed by atoms with E-state index in [-0.39, 0.29) is 17.7 Å². The number of nitrogens with two attached hydrogens (primary N) is 1. The van der Waals surface area contributed by atoms with Crippen LogP contribution in [0, 0.1) is 5.82 Å². The second-order valence-corrected chi connectivity index (χ2v) is 5.13. The van der Waals surface area contributed by atoms with E-state index >= 15 is 0 Å². The van der Waals surface area contributed by atoms with Crippen molar-refractivity contribution in [1.82, 2.24) is 4.90 Å². The third kappa shape index (κ3) is 4.18. The van der Waals surface area contributed by atoms with E-state index < -0.39 is 5.82 Å². The fourth-order valence-electron chi connectivity index (χ4n) is 2.34. The van der Waals surface area contributed by atoms with Crippen LogP contribution in [0.25, 0.3) is 0 Å². The molecule has 0 aromatic heterocycles. The average molecular weight is 281 g/mol. The highest BCUT2D eigenvalue weighted by Crippen LogP contribution is 2.16. The molecular weight excluding hydrogens is 261 g/mol. The lowest BCUT2D eigenvalue weighted by Crippen LogP contribution is -2.39. The first-order chi connectivity index (χ1) is 9.54. The zero-order valence-corrected chi connectivity index (χ0v) is 11.3. The van der Waals surface area contributed by atoms with Gasteiger partial charge in [-0.15, -0.1) is 0 Å². The maximum Gasteiger partial charge on any atom is 0.225 e. The van der Waals surface area contributed by atoms with Crippen molar-refractivity contribution in [2.24, 2.45) is 0 Å². The van der Waals surface area contributed by atoms with E-state index in [2.05, 4.69) is 10.2 Å². The molecule has 2 rings (SSSR count). The first-order valence-electron chi connectivity index (χ1n) is 6.80. The van der Waals surface area contributed by atoms with Crippen molar-refractivity contribution in [3.05, 3.63) is 24.0 Å². The molecule has 0 radical (unpaired) electrons. The summed E-state index contributed by atoms with van der Waals surface area (Å²) in [5.74, 6) is -0.638. The third-order valence-electron chi connectivity index (χ3n) is 3.42. The number of rotatable bonds is 4. The van der Waals surface area contributed by atoms with E-state index in [0.29, 0.717) is 25.2 Å². The number of halogens is 1. The Kier molecular flexibility index (Phi) is 4.92. The second-order valence-electron chi connectivity index (χ2n) is 5.13. The Bertz CT molecular complexity index is 481. The molecule has 1 aromatic carbocycles. The number of hydrogen-bond donors (Lipinski definition) is 3. The van der Waals surface area contributed by atoms with E-state index in [1.165, 1.54) is 18.2 Å². The lowest BCUT2D eigenvalue weighted by Gasteiger charge is -2.29. The zero-order valence-electron chi connectivity index (χ0n) is 11.3. The molecule has 1 atom stereocenters. The van der Waals surface area contributed by atoms with Crippen LogP contribution in [-0.2, 0) is 4.79 Å². The summed E-state index contributed by atoms with van der Waals surface area (Å²) in [6.45, 7) is 2.14. The number of nitrogens with one attached hydrogen (secondary N) is 1. The minimum absolute atomic E-state index is 0.0157. The quantitative estimate of drug-likeness (QED) is 0.724. The normalized spacial score (nSPS) is 19.8. The minimum Gasteiger partial charge on any atom is -0.396 e. The molecule has 0 aliphatic carbocycles. The van der Waals surface area contributed by atoms with Gasteiger partial charge in [-0.1, -0.05) is 0 Å². The molecule has 6 heteroatoms. The Morgan fingerprint density at radius 1 is 1.55 bits per heavy atom. The molecule has 5 nitrogen and oxygen atoms in total. The molecule has 20 heavy (non-hydrogen) atoms. The van der Waals surface area contributed by atoms with Gasteiger partial charge in [0, 0.05) is 25.2 Å². The zero-order chi connectivity index (χ0) is 14.5. The van der Waals surface area contributed by atoms with Gasteiger partial charge in [0.15, 0.2) is 0 Å². The van der Waals surface area contributed by atoms with Crippen molar-refractivity contribution >= 4 is 17.3 Å². The Labute approximate surface area is 117 Å². The van der Waals surface area contributed by atoms with Crippen LogP contribution in [0.3, 0.4) is 0 Å². The van der Waals surface area contributed by atoms with Crippen molar-refractivity contribution in [2.75, 3.05) is 30.7 Å². The summed E-state index contributed by atoms with van der Waals surface area (Å²) in [5, 5.41) is 12.2. The fraction of sp³-hybridized carbons (Fsp3) is 0.500. The number of hydrogen-bond acceptors (Lipinski definition) is 4. The predicted molar refractivity (Wildman–Crippen MR) is 75.7 cm³/mol. The molecule has 0 spiro atoms. The number of aliphatic hydroxyl groups is 1. The van der Waals surface area contributed by atoms with Gasteiger partial charge < -0.3 is 21.1 Å². The number of nitrogens with zero attached hydrogens (tertiary/aromatic N) is 1. The number of likely N-dealkylation sites (tertiary alicyclic amines) is 1. The highest BCUT2D eigenvalue weighted by atomic mass is 19.1. The summed E-state index contributed by atoms with van der Waals surface area (Å²) < 4.78 is 13.0. The van der Waals surface area contributed by atoms with E-state index in [9.17, 15) is 14.3 Å². The molecule has 1 aliphatic heterocycles. The molecular formula is C14H20FN3O2. The van der Waals surface area contributed by atoms with E-state index in [4.69, 9.17) is 5.73 Å². The van der Waals surface area contributed by atoms with E-state index in [0.717, 1.165) is 19.4 Å². The third-order valence-corrected chi connectivity index (χ3v) is 3.42. The highest BCUT2D eigenvalue weighted by molar-refractivity contribution is 5.91. The van der Waals surface area contributed by atoms with Gasteiger partial charge in [0.25, 0.3) is 0 Å². The summed E-state index contributed by atoms with van der Waals surface area (Å²) in [4.78, 5) is 13.9. The van der Waals surface area contributed by atoms with Crippen LogP contribution in [0.2, 0.25) is 0 Å². The fourth-order valence-corrected chi connectivity index (χ4v) is 2.34. The lowest BCUT2D eigenvalue weighted by atomic mass is 10.1. The molecule has 0 saturated carbocycles. The summed E-state index contributed by atoms with van der Waals surface area (Å²) in [6.07, 6.45) is 1.84. The largest absolute Gasteiger partial charge is 0.396 e. The van der Waals surface area contributed by atoms with Gasteiger partial charge in [0.1, 0.15) is 5.82 Å². The van der Waals surface area contributed by atoms with Crippen LogP contribution < -0.4 is 11.1 Å². The smallest absolute Gasteiger partial charge is 0.225 e. The molecule has 1 amide bonds. The summed E-state index contributed by atoms with van der Waals surface area (Å²) in [7, 11) is 0. The summed E-state index contributed by atoms with van der Waals surface area (Å²) in [6, 6.07) is 4.11. The molecule has 1 fully saturated rings. The number of piperidine rings is 1. The average Bonchev–Trinajstić information content (AvgIpc) is 2.41. The van der Waals surface area contributed by atoms with Gasteiger partial charge in [-0.2, -0.15) is 0 Å². The van der Waals surface area contributed by atoms with Crippen molar-refractivity contribution < 1.29 is 14.3 Å². The number of benzene rings is 1. The number of nitrogen functional groups attached to an aromatic ring is 1. The Morgan fingerprint density at radius 2 is 2.35 bits per heavy atom. The molecule has 4 N–H and O–H groups in total. The van der Waals surface area contributed by atoms with E-state index in [1.807, 2.05) is 0 Å². The standard InChI is InChI=1S/C14H20FN3O2/c15-12-4-3-10(8-13(12)16)17-14(20)5-7-18-6-1-2-11(19)9-18/h3-4,8,11,19H,1-2,5-7,9,16H2,(H,17,20). The van der Waals surface area contributed by atoms with Gasteiger partial charge in [0.05, 0.1) is 11.8 Å². The molecule has 1 saturated heterocycles. The molecule has 1 heterocycles. The topological polar surface area (TPSA) is 78.6 Å². The van der Waals surface area contributed by atoms with Gasteiger partial charge >= 0.3 is 0 Å². The molecule has 0 bridgehead atoms. The molecule has 1 aliphatic rings. The maximum absolute atomic E-state index is 13.0. The minimum atomic E-state index is -0.495. The van der Waals surface area contributed by atoms with Crippen molar-refractivity contribution in [2.45, 2.75) is 25.4 Å². The number of β-amino-alcohol motifs (C(OH)–C–C–N with tert-alkyl or cyclic N) is 1. The maximum atomic E-state index is 13.0. The van der Waals surface area contributed by atoms with Crippen molar-refractivity contribution in [3.63, 3.8) is 0 Å². The van der Waals surface area contributed by atoms with Crippen molar-refractivity contribution in [3.8, 4) is 0 Å². The Hall–Kier alpha value is -1.66. The number of aliphatic hydroxyl groups excluding tert-OH is 1. The monoisotopic (exact) mass is 281 g/mol. The molecule has 1 unspecified atom stereocenters. The highest BCUT2D eigenvalue weighted by Gasteiger charge is 2.18. The molecule has 110 valence electrons. The van der Waals surface area contributed by atoms with Gasteiger partial charge in [-0.25, -0.2) is 4.39 Å². The Morgan fingerprint density at radius 3 is 3.05 bits per heavy atom. The first-order valence-corrected chi connectivity index (χ1v) is 6.80. The number of carbonyl (C=O) groups excluding carboxylic acids is 1. The van der Waals surface area contributed by atoms with Crippen LogP contribution in [0.15, 0.2) is 18.2 Å². The Balaban J connectivity index is 1.78.